The largest absolute Gasteiger partial charge is 0.495 e. The first kappa shape index (κ1) is 19.9. The number of fused-ring (bicyclic) bond motifs is 4. The topological polar surface area (TPSA) is 93.7 Å². The van der Waals surface area contributed by atoms with Crippen LogP contribution in [0.4, 0.5) is 10.5 Å². The van der Waals surface area contributed by atoms with Gasteiger partial charge in [0.15, 0.2) is 11.5 Å². The van der Waals surface area contributed by atoms with Crippen LogP contribution < -0.4 is 15.4 Å². The second kappa shape index (κ2) is 8.22. The van der Waals surface area contributed by atoms with Gasteiger partial charge in [-0.25, -0.2) is 4.79 Å². The molecule has 0 saturated heterocycles. The number of furan rings is 1. The van der Waals surface area contributed by atoms with Crippen molar-refractivity contribution in [2.24, 2.45) is 0 Å². The highest BCUT2D eigenvalue weighted by atomic mass is 16.5. The van der Waals surface area contributed by atoms with Gasteiger partial charge in [0.1, 0.15) is 16.9 Å². The van der Waals surface area contributed by atoms with Crippen LogP contribution >= 0.6 is 0 Å². The van der Waals surface area contributed by atoms with Crippen LogP contribution in [0.15, 0.2) is 65.2 Å². The average Bonchev–Trinajstić information content (AvgIpc) is 3.39. The molecule has 1 unspecified atom stereocenters. The summed E-state index contributed by atoms with van der Waals surface area (Å²) in [6.45, 7) is 2.06. The summed E-state index contributed by atoms with van der Waals surface area (Å²) in [4.78, 5) is 12.9. The second-order valence-corrected chi connectivity index (χ2v) is 7.57. The quantitative estimate of drug-likeness (QED) is 0.382. The molecular weight excluding hydrogens is 406 g/mol. The molecule has 8 heteroatoms. The van der Waals surface area contributed by atoms with Gasteiger partial charge in [-0.05, 0) is 30.7 Å². The highest BCUT2D eigenvalue weighted by molar-refractivity contribution is 6.07. The number of methoxy groups -OCH3 is 1. The molecule has 0 aliphatic heterocycles. The average molecular weight is 429 g/mol. The van der Waals surface area contributed by atoms with Gasteiger partial charge in [0, 0.05) is 23.0 Å². The summed E-state index contributed by atoms with van der Waals surface area (Å²) >= 11 is 0. The summed E-state index contributed by atoms with van der Waals surface area (Å²) in [7, 11) is 1.58. The standard InChI is InChI=1S/C24H23N5O3/c1-3-8-17(23-28-27-22-11-6-7-12-29(22)23)25-24(30)26-18-14-20-16(13-21(18)31-2)15-9-4-5-10-19(15)32-20/h4-7,9-14,17H,3,8H2,1-2H3,(H2,25,26,30). The number of carbonyl (C=O) groups is 1. The van der Waals surface area contributed by atoms with Crippen LogP contribution in [0.2, 0.25) is 0 Å². The number of nitrogens with one attached hydrogen (secondary N) is 2. The molecule has 2 aromatic carbocycles. The first-order chi connectivity index (χ1) is 15.7. The van der Waals surface area contributed by atoms with Gasteiger partial charge in [0.2, 0.25) is 0 Å². The van der Waals surface area contributed by atoms with Crippen LogP contribution in [0.25, 0.3) is 27.6 Å². The number of ether oxygens (including phenoxy) is 1. The Morgan fingerprint density at radius 1 is 1.09 bits per heavy atom. The number of amides is 2. The minimum Gasteiger partial charge on any atom is -0.495 e. The Bertz CT molecular complexity index is 1420. The number of benzene rings is 2. The number of urea groups is 1. The molecule has 0 spiro atoms. The Balaban J connectivity index is 1.43. The Morgan fingerprint density at radius 3 is 2.78 bits per heavy atom. The van der Waals surface area contributed by atoms with E-state index >= 15 is 0 Å². The van der Waals surface area contributed by atoms with Crippen molar-refractivity contribution in [2.75, 3.05) is 12.4 Å². The zero-order valence-corrected chi connectivity index (χ0v) is 17.8. The molecule has 0 aliphatic rings. The fourth-order valence-corrected chi connectivity index (χ4v) is 3.99. The van der Waals surface area contributed by atoms with Crippen molar-refractivity contribution in [3.8, 4) is 5.75 Å². The van der Waals surface area contributed by atoms with E-state index in [4.69, 9.17) is 9.15 Å². The lowest BCUT2D eigenvalue weighted by Gasteiger charge is -2.18. The van der Waals surface area contributed by atoms with Gasteiger partial charge in [-0.15, -0.1) is 10.2 Å². The third kappa shape index (κ3) is 3.49. The zero-order chi connectivity index (χ0) is 22.1. The van der Waals surface area contributed by atoms with E-state index in [1.54, 1.807) is 13.2 Å². The minimum atomic E-state index is -0.357. The maximum absolute atomic E-state index is 12.9. The van der Waals surface area contributed by atoms with Gasteiger partial charge in [0.05, 0.1) is 18.8 Å². The van der Waals surface area contributed by atoms with E-state index in [-0.39, 0.29) is 12.1 Å². The van der Waals surface area contributed by atoms with E-state index in [1.807, 2.05) is 59.1 Å². The number of pyridine rings is 1. The van der Waals surface area contributed by atoms with Crippen LogP contribution in [-0.4, -0.2) is 27.7 Å². The van der Waals surface area contributed by atoms with Gasteiger partial charge in [-0.1, -0.05) is 37.6 Å². The van der Waals surface area contributed by atoms with Crippen LogP contribution in [0, 0.1) is 0 Å². The summed E-state index contributed by atoms with van der Waals surface area (Å²) in [6, 6.07) is 16.5. The molecule has 3 aromatic heterocycles. The predicted octanol–water partition coefficient (Wildman–Crippen LogP) is 5.30. The molecule has 5 aromatic rings. The molecule has 2 N–H and O–H groups in total. The molecule has 1 atom stereocenters. The SMILES string of the molecule is CCCC(NC(=O)Nc1cc2oc3ccccc3c2cc1OC)c1nnc2ccccn12. The Kier molecular flexibility index (Phi) is 5.10. The number of hydrogen-bond donors (Lipinski definition) is 2. The van der Waals surface area contributed by atoms with Crippen molar-refractivity contribution in [3.05, 3.63) is 66.6 Å². The van der Waals surface area contributed by atoms with Gasteiger partial charge in [0.25, 0.3) is 0 Å². The van der Waals surface area contributed by atoms with E-state index in [1.165, 1.54) is 0 Å². The molecule has 2 amide bonds. The highest BCUT2D eigenvalue weighted by Crippen LogP contribution is 2.36. The molecule has 0 saturated carbocycles. The Morgan fingerprint density at radius 2 is 1.94 bits per heavy atom. The maximum atomic E-state index is 12.9. The van der Waals surface area contributed by atoms with E-state index in [9.17, 15) is 4.79 Å². The molecule has 0 radical (unpaired) electrons. The highest BCUT2D eigenvalue weighted by Gasteiger charge is 2.21. The summed E-state index contributed by atoms with van der Waals surface area (Å²) < 4.78 is 13.4. The van der Waals surface area contributed by atoms with Crippen molar-refractivity contribution in [1.82, 2.24) is 19.9 Å². The van der Waals surface area contributed by atoms with Gasteiger partial charge in [-0.2, -0.15) is 0 Å². The third-order valence-electron chi connectivity index (χ3n) is 5.48. The van der Waals surface area contributed by atoms with E-state index in [0.29, 0.717) is 22.8 Å². The molecule has 0 aliphatic carbocycles. The fraction of sp³-hybridized carbons (Fsp3) is 0.208. The second-order valence-electron chi connectivity index (χ2n) is 7.57. The van der Waals surface area contributed by atoms with Crippen molar-refractivity contribution in [2.45, 2.75) is 25.8 Å². The smallest absolute Gasteiger partial charge is 0.319 e. The van der Waals surface area contributed by atoms with Crippen LogP contribution in [-0.2, 0) is 0 Å². The summed E-state index contributed by atoms with van der Waals surface area (Å²) in [5.41, 5.74) is 2.73. The normalized spacial score (nSPS) is 12.3. The van der Waals surface area contributed by atoms with Gasteiger partial charge in [-0.3, -0.25) is 4.40 Å². The number of para-hydroxylation sites is 1. The first-order valence-electron chi connectivity index (χ1n) is 10.5. The molecular formula is C24H23N5O3. The Labute approximate surface area is 184 Å². The van der Waals surface area contributed by atoms with Crippen LogP contribution in [0.1, 0.15) is 31.6 Å². The van der Waals surface area contributed by atoms with Crippen molar-refractivity contribution < 1.29 is 13.9 Å². The molecule has 3 heterocycles. The zero-order valence-electron chi connectivity index (χ0n) is 17.8. The summed E-state index contributed by atoms with van der Waals surface area (Å²) in [6.07, 6.45) is 3.50. The predicted molar refractivity (Wildman–Crippen MR) is 123 cm³/mol. The van der Waals surface area contributed by atoms with E-state index in [0.717, 1.165) is 34.8 Å². The lowest BCUT2D eigenvalue weighted by molar-refractivity contribution is 0.247. The van der Waals surface area contributed by atoms with Crippen molar-refractivity contribution in [3.63, 3.8) is 0 Å². The minimum absolute atomic E-state index is 0.293. The van der Waals surface area contributed by atoms with Crippen molar-refractivity contribution in [1.29, 1.82) is 0 Å². The number of aromatic nitrogens is 3. The first-order valence-corrected chi connectivity index (χ1v) is 10.5. The molecule has 162 valence electrons. The van der Waals surface area contributed by atoms with Crippen LogP contribution in [0.5, 0.6) is 5.75 Å². The number of anilines is 1. The third-order valence-corrected chi connectivity index (χ3v) is 5.48. The molecule has 32 heavy (non-hydrogen) atoms. The molecule has 5 rings (SSSR count). The van der Waals surface area contributed by atoms with E-state index < -0.39 is 0 Å². The maximum Gasteiger partial charge on any atom is 0.319 e. The summed E-state index contributed by atoms with van der Waals surface area (Å²) in [5, 5.41) is 16.4. The molecule has 8 nitrogen and oxygen atoms in total. The number of carbonyl (C=O) groups excluding carboxylic acids is 1. The lowest BCUT2D eigenvalue weighted by atomic mass is 10.1. The number of rotatable bonds is 6. The van der Waals surface area contributed by atoms with Crippen molar-refractivity contribution >= 4 is 39.3 Å². The fourth-order valence-electron chi connectivity index (χ4n) is 3.99. The summed E-state index contributed by atoms with van der Waals surface area (Å²) in [5.74, 6) is 1.25. The van der Waals surface area contributed by atoms with Gasteiger partial charge < -0.3 is 19.8 Å². The van der Waals surface area contributed by atoms with E-state index in [2.05, 4.69) is 27.8 Å². The molecule has 0 bridgehead atoms. The number of hydrogen-bond acceptors (Lipinski definition) is 5. The Hall–Kier alpha value is -4.07. The van der Waals surface area contributed by atoms with Crippen LogP contribution in [0.3, 0.4) is 0 Å². The lowest BCUT2D eigenvalue weighted by Crippen LogP contribution is -2.33. The molecule has 0 fully saturated rings. The van der Waals surface area contributed by atoms with Gasteiger partial charge >= 0.3 is 6.03 Å². The number of nitrogens with zero attached hydrogens (tertiary/aromatic N) is 3. The monoisotopic (exact) mass is 429 g/mol.